The van der Waals surface area contributed by atoms with Crippen molar-refractivity contribution in [2.45, 2.75) is 6.18 Å². The van der Waals surface area contributed by atoms with Gasteiger partial charge in [-0.25, -0.2) is 0 Å². The number of rotatable bonds is 4. The van der Waals surface area contributed by atoms with E-state index in [1.54, 1.807) is 0 Å². The number of carbonyl (C=O) groups is 1. The van der Waals surface area contributed by atoms with E-state index in [0.29, 0.717) is 16.4 Å². The second-order valence-electron chi connectivity index (χ2n) is 4.20. The summed E-state index contributed by atoms with van der Waals surface area (Å²) < 4.78 is 47.5. The first-order valence-corrected chi connectivity index (χ1v) is 5.86. The third kappa shape index (κ3) is 3.32. The number of carbonyl (C=O) groups excluding carboxylic acids is 1. The summed E-state index contributed by atoms with van der Waals surface area (Å²) in [6.07, 6.45) is -4.47. The first kappa shape index (κ1) is 14.4. The molecule has 1 heterocycles. The van der Waals surface area contributed by atoms with Gasteiger partial charge >= 0.3 is 6.18 Å². The van der Waals surface area contributed by atoms with E-state index in [4.69, 9.17) is 15.2 Å². The van der Waals surface area contributed by atoms with E-state index in [-0.39, 0.29) is 25.4 Å². The van der Waals surface area contributed by atoms with Crippen molar-refractivity contribution < 1.29 is 27.4 Å². The van der Waals surface area contributed by atoms with E-state index in [9.17, 15) is 18.0 Å². The van der Waals surface area contributed by atoms with Crippen molar-refractivity contribution in [2.75, 3.05) is 26.4 Å². The van der Waals surface area contributed by atoms with Crippen LogP contribution in [0.2, 0.25) is 0 Å². The number of nitrogens with zero attached hydrogens (tertiary/aromatic N) is 1. The Morgan fingerprint density at radius 3 is 2.65 bits per heavy atom. The second kappa shape index (κ2) is 5.58. The molecule has 0 saturated carbocycles. The molecule has 0 fully saturated rings. The highest BCUT2D eigenvalue weighted by Crippen LogP contribution is 2.33. The maximum atomic E-state index is 12.4. The molecule has 2 N–H and O–H groups in total. The van der Waals surface area contributed by atoms with Gasteiger partial charge < -0.3 is 20.1 Å². The van der Waals surface area contributed by atoms with Gasteiger partial charge in [-0.1, -0.05) is 0 Å². The molecule has 110 valence electrons. The first-order valence-electron chi connectivity index (χ1n) is 5.86. The lowest BCUT2D eigenvalue weighted by Crippen LogP contribution is -2.41. The molecule has 0 bridgehead atoms. The predicted molar refractivity (Wildman–Crippen MR) is 63.6 cm³/mol. The van der Waals surface area contributed by atoms with E-state index in [2.05, 4.69) is 0 Å². The lowest BCUT2D eigenvalue weighted by molar-refractivity contribution is -0.140. The molecule has 1 aliphatic heterocycles. The van der Waals surface area contributed by atoms with E-state index in [1.165, 1.54) is 18.2 Å². The van der Waals surface area contributed by atoms with Crippen LogP contribution >= 0.6 is 0 Å². The molecule has 0 saturated heterocycles. The topological polar surface area (TPSA) is 64.8 Å². The molecule has 0 radical (unpaired) electrons. The Labute approximate surface area is 113 Å². The summed E-state index contributed by atoms with van der Waals surface area (Å²) in [5, 5.41) is 0. The third-order valence-electron chi connectivity index (χ3n) is 2.68. The number of hydrogen-bond acceptors (Lipinski definition) is 4. The number of alkyl halides is 3. The Hall–Kier alpha value is -1.96. The highest BCUT2D eigenvalue weighted by atomic mass is 19.4. The van der Waals surface area contributed by atoms with Crippen molar-refractivity contribution in [3.63, 3.8) is 0 Å². The molecule has 5 nitrogen and oxygen atoms in total. The second-order valence-corrected chi connectivity index (χ2v) is 4.20. The van der Waals surface area contributed by atoms with Crippen LogP contribution in [0.4, 0.5) is 13.2 Å². The summed E-state index contributed by atoms with van der Waals surface area (Å²) in [6, 6.07) is 4.25. The molecule has 1 aromatic rings. The smallest absolute Gasteiger partial charge is 0.406 e. The fourth-order valence-electron chi connectivity index (χ4n) is 1.84. The number of hydrogen-bond donors (Lipinski definition) is 1. The van der Waals surface area contributed by atoms with Crippen LogP contribution in [-0.2, 0) is 0 Å². The maximum Gasteiger partial charge on any atom is 0.406 e. The molecule has 1 aromatic carbocycles. The highest BCUT2D eigenvalue weighted by molar-refractivity contribution is 5.95. The van der Waals surface area contributed by atoms with Crippen molar-refractivity contribution in [3.8, 4) is 11.5 Å². The van der Waals surface area contributed by atoms with Crippen molar-refractivity contribution in [3.05, 3.63) is 23.8 Å². The van der Waals surface area contributed by atoms with Crippen molar-refractivity contribution in [1.82, 2.24) is 4.90 Å². The SMILES string of the molecule is NCCN(CC(F)(F)F)C(=O)c1ccc2c(c1)OCO2. The van der Waals surface area contributed by atoms with Gasteiger partial charge in [0.25, 0.3) is 5.91 Å². The molecular formula is C12H13F3N2O3. The van der Waals surface area contributed by atoms with Gasteiger partial charge in [0.05, 0.1) is 0 Å². The fourth-order valence-corrected chi connectivity index (χ4v) is 1.84. The summed E-state index contributed by atoms with van der Waals surface area (Å²) in [4.78, 5) is 12.8. The largest absolute Gasteiger partial charge is 0.454 e. The minimum absolute atomic E-state index is 0.0298. The van der Waals surface area contributed by atoms with Crippen LogP contribution in [-0.4, -0.2) is 43.4 Å². The molecule has 20 heavy (non-hydrogen) atoms. The molecule has 2 rings (SSSR count). The first-order chi connectivity index (χ1) is 9.40. The summed E-state index contributed by atoms with van der Waals surface area (Å²) in [5.74, 6) is 0.0596. The maximum absolute atomic E-state index is 12.4. The zero-order valence-corrected chi connectivity index (χ0v) is 10.4. The van der Waals surface area contributed by atoms with Gasteiger partial charge in [0.2, 0.25) is 6.79 Å². The summed E-state index contributed by atoms with van der Waals surface area (Å²) >= 11 is 0. The van der Waals surface area contributed by atoms with Gasteiger partial charge in [-0.15, -0.1) is 0 Å². The quantitative estimate of drug-likeness (QED) is 0.910. The van der Waals surface area contributed by atoms with Crippen LogP contribution in [0, 0.1) is 0 Å². The lowest BCUT2D eigenvalue weighted by Gasteiger charge is -2.23. The number of nitrogens with two attached hydrogens (primary N) is 1. The molecule has 1 amide bonds. The van der Waals surface area contributed by atoms with Crippen LogP contribution < -0.4 is 15.2 Å². The Morgan fingerprint density at radius 2 is 2.00 bits per heavy atom. The number of benzene rings is 1. The van der Waals surface area contributed by atoms with Gasteiger partial charge in [-0.2, -0.15) is 13.2 Å². The fraction of sp³-hybridized carbons (Fsp3) is 0.417. The molecule has 0 aliphatic carbocycles. The van der Waals surface area contributed by atoms with E-state index < -0.39 is 18.6 Å². The molecular weight excluding hydrogens is 277 g/mol. The van der Waals surface area contributed by atoms with Crippen LogP contribution in [0.5, 0.6) is 11.5 Å². The molecule has 0 atom stereocenters. The zero-order chi connectivity index (χ0) is 14.8. The van der Waals surface area contributed by atoms with Crippen molar-refractivity contribution >= 4 is 5.91 Å². The van der Waals surface area contributed by atoms with Crippen LogP contribution in [0.1, 0.15) is 10.4 Å². The third-order valence-corrected chi connectivity index (χ3v) is 2.68. The van der Waals surface area contributed by atoms with Crippen molar-refractivity contribution in [1.29, 1.82) is 0 Å². The van der Waals surface area contributed by atoms with Gasteiger partial charge in [0.15, 0.2) is 11.5 Å². The van der Waals surface area contributed by atoms with Gasteiger partial charge in [0.1, 0.15) is 6.54 Å². The summed E-state index contributed by atoms with van der Waals surface area (Å²) in [6.45, 7) is -1.53. The summed E-state index contributed by atoms with van der Waals surface area (Å²) in [5.41, 5.74) is 5.35. The Morgan fingerprint density at radius 1 is 1.30 bits per heavy atom. The number of amides is 1. The van der Waals surface area contributed by atoms with E-state index in [1.807, 2.05) is 0 Å². The lowest BCUT2D eigenvalue weighted by atomic mass is 10.1. The molecule has 8 heteroatoms. The van der Waals surface area contributed by atoms with Crippen LogP contribution in [0.15, 0.2) is 18.2 Å². The molecule has 0 aromatic heterocycles. The van der Waals surface area contributed by atoms with Crippen LogP contribution in [0.25, 0.3) is 0 Å². The average molecular weight is 290 g/mol. The Balaban J connectivity index is 2.18. The molecule has 0 unspecified atom stereocenters. The van der Waals surface area contributed by atoms with Gasteiger partial charge in [-0.05, 0) is 18.2 Å². The molecule has 0 spiro atoms. The average Bonchev–Trinajstić information content (AvgIpc) is 2.83. The van der Waals surface area contributed by atoms with E-state index in [0.717, 1.165) is 0 Å². The van der Waals surface area contributed by atoms with E-state index >= 15 is 0 Å². The summed E-state index contributed by atoms with van der Waals surface area (Å²) in [7, 11) is 0. The highest BCUT2D eigenvalue weighted by Gasteiger charge is 2.33. The normalized spacial score (nSPS) is 13.4. The number of fused-ring (bicyclic) bond motifs is 1. The van der Waals surface area contributed by atoms with Crippen LogP contribution in [0.3, 0.4) is 0 Å². The standard InChI is InChI=1S/C12H13F3N2O3/c13-12(14,15)6-17(4-3-16)11(18)8-1-2-9-10(5-8)20-7-19-9/h1-2,5H,3-4,6-7,16H2. The monoisotopic (exact) mass is 290 g/mol. The Kier molecular flexibility index (Phi) is 4.03. The Bertz CT molecular complexity index is 505. The van der Waals surface area contributed by atoms with Crippen molar-refractivity contribution in [2.24, 2.45) is 5.73 Å². The van der Waals surface area contributed by atoms with Gasteiger partial charge in [-0.3, -0.25) is 4.79 Å². The zero-order valence-electron chi connectivity index (χ0n) is 10.4. The number of ether oxygens (including phenoxy) is 2. The predicted octanol–water partition coefficient (Wildman–Crippen LogP) is 1.38. The molecule has 1 aliphatic rings. The van der Waals surface area contributed by atoms with Gasteiger partial charge in [0, 0.05) is 18.7 Å². The number of halogens is 3. The minimum atomic E-state index is -4.47. The minimum Gasteiger partial charge on any atom is -0.454 e.